The first kappa shape index (κ1) is 11.6. The molecule has 0 atom stereocenters. The highest BCUT2D eigenvalue weighted by Gasteiger charge is 2.07. The van der Waals surface area contributed by atoms with Gasteiger partial charge in [-0.1, -0.05) is 19.1 Å². The van der Waals surface area contributed by atoms with Gasteiger partial charge >= 0.3 is 0 Å². The van der Waals surface area contributed by atoms with Crippen LogP contribution in [0.5, 0.6) is 0 Å². The minimum atomic E-state index is 0.780. The van der Waals surface area contributed by atoms with Crippen molar-refractivity contribution in [3.8, 4) is 0 Å². The zero-order chi connectivity index (χ0) is 13.2. The van der Waals surface area contributed by atoms with Crippen molar-refractivity contribution in [1.82, 2.24) is 19.7 Å². The zero-order valence-electron chi connectivity index (χ0n) is 11.0. The second kappa shape index (κ2) is 4.68. The Bertz CT molecular complexity index is 699. The lowest BCUT2D eigenvalue weighted by Crippen LogP contribution is -1.97. The van der Waals surface area contributed by atoms with E-state index < -0.39 is 0 Å². The van der Waals surface area contributed by atoms with Crippen LogP contribution >= 0.6 is 0 Å². The molecule has 0 radical (unpaired) electrons. The van der Waals surface area contributed by atoms with Gasteiger partial charge in [-0.3, -0.25) is 4.68 Å². The molecule has 5 nitrogen and oxygen atoms in total. The van der Waals surface area contributed by atoms with Gasteiger partial charge in [0.1, 0.15) is 12.1 Å². The van der Waals surface area contributed by atoms with Gasteiger partial charge in [0, 0.05) is 12.7 Å². The molecule has 0 aliphatic heterocycles. The van der Waals surface area contributed by atoms with Gasteiger partial charge in [0.25, 0.3) is 0 Å². The Morgan fingerprint density at radius 3 is 2.68 bits per heavy atom. The lowest BCUT2D eigenvalue weighted by molar-refractivity contribution is 0.785. The molecule has 0 aliphatic rings. The Morgan fingerprint density at radius 2 is 1.95 bits per heavy atom. The van der Waals surface area contributed by atoms with E-state index >= 15 is 0 Å². The minimum Gasteiger partial charge on any atom is -0.340 e. The third-order valence-electron chi connectivity index (χ3n) is 3.15. The van der Waals surface area contributed by atoms with Crippen LogP contribution in [0.2, 0.25) is 0 Å². The average molecular weight is 253 g/mol. The number of nitrogens with zero attached hydrogens (tertiary/aromatic N) is 4. The molecule has 1 aromatic carbocycles. The van der Waals surface area contributed by atoms with Crippen LogP contribution in [0.25, 0.3) is 11.0 Å². The van der Waals surface area contributed by atoms with Crippen molar-refractivity contribution in [2.75, 3.05) is 5.32 Å². The van der Waals surface area contributed by atoms with Crippen molar-refractivity contribution in [2.24, 2.45) is 7.05 Å². The number of fused-ring (bicyclic) bond motifs is 1. The van der Waals surface area contributed by atoms with Crippen LogP contribution in [0, 0.1) is 0 Å². The predicted molar refractivity (Wildman–Crippen MR) is 75.4 cm³/mol. The van der Waals surface area contributed by atoms with Gasteiger partial charge in [0.15, 0.2) is 5.65 Å². The lowest BCUT2D eigenvalue weighted by Gasteiger charge is -2.07. The number of aromatic nitrogens is 4. The smallest absolute Gasteiger partial charge is 0.163 e. The fraction of sp³-hybridized carbons (Fsp3) is 0.214. The Kier molecular flexibility index (Phi) is 2.87. The molecule has 5 heteroatoms. The predicted octanol–water partition coefficient (Wildman–Crippen LogP) is 2.67. The number of hydrogen-bond donors (Lipinski definition) is 1. The fourth-order valence-electron chi connectivity index (χ4n) is 2.02. The Balaban J connectivity index is 1.96. The second-order valence-electron chi connectivity index (χ2n) is 4.40. The van der Waals surface area contributed by atoms with Crippen molar-refractivity contribution in [3.05, 3.63) is 42.4 Å². The summed E-state index contributed by atoms with van der Waals surface area (Å²) in [6.45, 7) is 2.14. The Hall–Kier alpha value is -2.43. The molecule has 3 aromatic rings. The van der Waals surface area contributed by atoms with E-state index in [0.29, 0.717) is 0 Å². The van der Waals surface area contributed by atoms with E-state index in [1.807, 2.05) is 7.05 Å². The summed E-state index contributed by atoms with van der Waals surface area (Å²) in [7, 11) is 1.87. The first-order valence-corrected chi connectivity index (χ1v) is 6.26. The molecule has 0 amide bonds. The normalized spacial score (nSPS) is 10.8. The first-order chi connectivity index (χ1) is 9.28. The van der Waals surface area contributed by atoms with Crippen molar-refractivity contribution in [2.45, 2.75) is 13.3 Å². The van der Waals surface area contributed by atoms with E-state index in [9.17, 15) is 0 Å². The van der Waals surface area contributed by atoms with Gasteiger partial charge in [-0.05, 0) is 24.1 Å². The molecule has 1 N–H and O–H groups in total. The number of hydrogen-bond acceptors (Lipinski definition) is 4. The van der Waals surface area contributed by atoms with E-state index in [1.165, 1.54) is 5.56 Å². The van der Waals surface area contributed by atoms with Crippen LogP contribution in [0.4, 0.5) is 11.5 Å². The molecule has 0 unspecified atom stereocenters. The monoisotopic (exact) mass is 253 g/mol. The molecular weight excluding hydrogens is 238 g/mol. The molecule has 3 rings (SSSR count). The summed E-state index contributed by atoms with van der Waals surface area (Å²) in [5.74, 6) is 0.780. The Labute approximate surface area is 111 Å². The minimum absolute atomic E-state index is 0.780. The summed E-state index contributed by atoms with van der Waals surface area (Å²) in [4.78, 5) is 8.50. The van der Waals surface area contributed by atoms with Crippen molar-refractivity contribution in [1.29, 1.82) is 0 Å². The SMILES string of the molecule is CCc1ccc(Nc2ncnc3c2cnn3C)cc1. The quantitative estimate of drug-likeness (QED) is 0.779. The van der Waals surface area contributed by atoms with Crippen LogP contribution < -0.4 is 5.32 Å². The fourth-order valence-corrected chi connectivity index (χ4v) is 2.02. The first-order valence-electron chi connectivity index (χ1n) is 6.26. The molecule has 0 spiro atoms. The molecule has 2 heterocycles. The maximum atomic E-state index is 4.28. The van der Waals surface area contributed by atoms with Crippen molar-refractivity contribution >= 4 is 22.5 Å². The van der Waals surface area contributed by atoms with Gasteiger partial charge < -0.3 is 5.32 Å². The maximum Gasteiger partial charge on any atom is 0.163 e. The molecule has 0 bridgehead atoms. The third kappa shape index (κ3) is 2.14. The van der Waals surface area contributed by atoms with Gasteiger partial charge in [-0.15, -0.1) is 0 Å². The standard InChI is InChI=1S/C14H15N5/c1-3-10-4-6-11(7-5-10)18-13-12-8-17-19(2)14(12)16-9-15-13/h4-9H,3H2,1-2H3,(H,15,16,18). The molecule has 19 heavy (non-hydrogen) atoms. The molecule has 0 saturated carbocycles. The lowest BCUT2D eigenvalue weighted by atomic mass is 10.1. The summed E-state index contributed by atoms with van der Waals surface area (Å²) in [6, 6.07) is 8.35. The van der Waals surface area contributed by atoms with Gasteiger partial charge in [-0.2, -0.15) is 5.10 Å². The number of benzene rings is 1. The van der Waals surface area contributed by atoms with Crippen LogP contribution in [0.1, 0.15) is 12.5 Å². The molecule has 0 aliphatic carbocycles. The summed E-state index contributed by atoms with van der Waals surface area (Å²) in [5, 5.41) is 8.43. The van der Waals surface area contributed by atoms with E-state index in [-0.39, 0.29) is 0 Å². The number of aryl methyl sites for hydroxylation is 2. The number of anilines is 2. The molecule has 2 aromatic heterocycles. The molecule has 96 valence electrons. The maximum absolute atomic E-state index is 4.28. The van der Waals surface area contributed by atoms with E-state index in [1.54, 1.807) is 17.2 Å². The highest BCUT2D eigenvalue weighted by molar-refractivity contribution is 5.88. The van der Waals surface area contributed by atoms with Gasteiger partial charge in [0.05, 0.1) is 11.6 Å². The highest BCUT2D eigenvalue weighted by Crippen LogP contribution is 2.22. The largest absolute Gasteiger partial charge is 0.340 e. The van der Waals surface area contributed by atoms with Gasteiger partial charge in [0.2, 0.25) is 0 Å². The highest BCUT2D eigenvalue weighted by atomic mass is 15.3. The molecular formula is C14H15N5. The summed E-state index contributed by atoms with van der Waals surface area (Å²) >= 11 is 0. The van der Waals surface area contributed by atoms with E-state index in [2.05, 4.69) is 51.6 Å². The number of nitrogens with one attached hydrogen (secondary N) is 1. The van der Waals surface area contributed by atoms with Crippen LogP contribution in [0.15, 0.2) is 36.8 Å². The average Bonchev–Trinajstić information content (AvgIpc) is 2.83. The summed E-state index contributed by atoms with van der Waals surface area (Å²) < 4.78 is 1.74. The third-order valence-corrected chi connectivity index (χ3v) is 3.15. The van der Waals surface area contributed by atoms with Crippen molar-refractivity contribution < 1.29 is 0 Å². The van der Waals surface area contributed by atoms with Crippen LogP contribution in [-0.2, 0) is 13.5 Å². The molecule has 0 saturated heterocycles. The summed E-state index contributed by atoms with van der Waals surface area (Å²) in [5.41, 5.74) is 3.16. The zero-order valence-corrected chi connectivity index (χ0v) is 11.0. The summed E-state index contributed by atoms with van der Waals surface area (Å²) in [6.07, 6.45) is 4.37. The van der Waals surface area contributed by atoms with E-state index in [0.717, 1.165) is 29.0 Å². The topological polar surface area (TPSA) is 55.6 Å². The Morgan fingerprint density at radius 1 is 1.16 bits per heavy atom. The van der Waals surface area contributed by atoms with Crippen molar-refractivity contribution in [3.63, 3.8) is 0 Å². The molecule has 0 fully saturated rings. The number of rotatable bonds is 3. The second-order valence-corrected chi connectivity index (χ2v) is 4.40. The van der Waals surface area contributed by atoms with Crippen LogP contribution in [-0.4, -0.2) is 19.7 Å². The van der Waals surface area contributed by atoms with Crippen LogP contribution in [0.3, 0.4) is 0 Å². The van der Waals surface area contributed by atoms with E-state index in [4.69, 9.17) is 0 Å². The van der Waals surface area contributed by atoms with Gasteiger partial charge in [-0.25, -0.2) is 9.97 Å².